The molecule has 5 heteroatoms. The number of aromatic nitrogens is 2. The number of aryl methyl sites for hydroxylation is 1. The first-order valence-electron chi connectivity index (χ1n) is 10.1. The lowest BCUT2D eigenvalue weighted by molar-refractivity contribution is -0.116. The number of fused-ring (bicyclic) bond motifs is 1. The van der Waals surface area contributed by atoms with Crippen molar-refractivity contribution in [3.8, 4) is 17.0 Å². The normalized spacial score (nSPS) is 14.5. The van der Waals surface area contributed by atoms with E-state index in [4.69, 9.17) is 9.72 Å². The minimum atomic E-state index is 0.0493. The fourth-order valence-electron chi connectivity index (χ4n) is 4.10. The van der Waals surface area contributed by atoms with E-state index in [1.807, 2.05) is 41.1 Å². The fraction of sp³-hybridized carbons (Fsp3) is 0.391. The number of hydrogen-bond donors (Lipinski definition) is 1. The molecule has 0 radical (unpaired) electrons. The molecule has 3 aromatic rings. The Hall–Kier alpha value is -2.82. The number of anilines is 1. The van der Waals surface area contributed by atoms with E-state index < -0.39 is 0 Å². The minimum Gasteiger partial charge on any atom is -0.495 e. The van der Waals surface area contributed by atoms with E-state index in [1.165, 1.54) is 25.7 Å². The van der Waals surface area contributed by atoms with Crippen molar-refractivity contribution in [1.82, 2.24) is 9.38 Å². The first-order chi connectivity index (χ1) is 13.6. The zero-order valence-corrected chi connectivity index (χ0v) is 16.6. The number of carbonyl (C=O) groups excluding carboxylic acids is 1. The van der Waals surface area contributed by atoms with Crippen molar-refractivity contribution in [3.05, 3.63) is 48.3 Å². The van der Waals surface area contributed by atoms with Crippen LogP contribution in [0.2, 0.25) is 0 Å². The van der Waals surface area contributed by atoms with E-state index in [2.05, 4.69) is 18.3 Å². The molecule has 0 bridgehead atoms. The molecule has 2 aromatic heterocycles. The minimum absolute atomic E-state index is 0.0493. The molecule has 4 rings (SSSR count). The van der Waals surface area contributed by atoms with Gasteiger partial charge in [0.15, 0.2) is 0 Å². The monoisotopic (exact) mass is 377 g/mol. The Labute approximate surface area is 165 Å². The third-order valence-corrected chi connectivity index (χ3v) is 5.70. The van der Waals surface area contributed by atoms with Gasteiger partial charge in [0.2, 0.25) is 5.91 Å². The molecule has 1 aliphatic rings. The van der Waals surface area contributed by atoms with E-state index in [0.717, 1.165) is 28.9 Å². The molecule has 0 atom stereocenters. The van der Waals surface area contributed by atoms with Gasteiger partial charge in [-0.05, 0) is 49.1 Å². The van der Waals surface area contributed by atoms with Gasteiger partial charge in [-0.2, -0.15) is 0 Å². The molecule has 1 aromatic carbocycles. The van der Waals surface area contributed by atoms with Crippen LogP contribution in [-0.2, 0) is 4.79 Å². The van der Waals surface area contributed by atoms with Crippen molar-refractivity contribution in [2.24, 2.45) is 5.92 Å². The number of methoxy groups -OCH3 is 1. The number of hydrogen-bond acceptors (Lipinski definition) is 3. The summed E-state index contributed by atoms with van der Waals surface area (Å²) in [5.41, 5.74) is 4.59. The van der Waals surface area contributed by atoms with Crippen LogP contribution in [0.15, 0.2) is 42.7 Å². The van der Waals surface area contributed by atoms with Gasteiger partial charge in [-0.15, -0.1) is 0 Å². The number of pyridine rings is 1. The lowest BCUT2D eigenvalue weighted by atomic mass is 10.0. The van der Waals surface area contributed by atoms with Crippen LogP contribution in [0.5, 0.6) is 5.75 Å². The Morgan fingerprint density at radius 3 is 2.86 bits per heavy atom. The lowest BCUT2D eigenvalue weighted by Gasteiger charge is -2.13. The van der Waals surface area contributed by atoms with E-state index >= 15 is 0 Å². The van der Waals surface area contributed by atoms with Crippen LogP contribution in [0.1, 0.15) is 44.1 Å². The Morgan fingerprint density at radius 2 is 2.11 bits per heavy atom. The zero-order valence-electron chi connectivity index (χ0n) is 16.6. The highest BCUT2D eigenvalue weighted by Crippen LogP contribution is 2.32. The second kappa shape index (κ2) is 8.05. The summed E-state index contributed by atoms with van der Waals surface area (Å²) in [5, 5.41) is 3.04. The largest absolute Gasteiger partial charge is 0.495 e. The fourth-order valence-corrected chi connectivity index (χ4v) is 4.10. The summed E-state index contributed by atoms with van der Waals surface area (Å²) < 4.78 is 7.48. The predicted octanol–water partition coefficient (Wildman–Crippen LogP) is 5.23. The van der Waals surface area contributed by atoms with Gasteiger partial charge in [-0.1, -0.05) is 31.7 Å². The van der Waals surface area contributed by atoms with Crippen LogP contribution in [-0.4, -0.2) is 22.4 Å². The molecular formula is C23H27N3O2. The Balaban J connectivity index is 1.54. The highest BCUT2D eigenvalue weighted by atomic mass is 16.5. The van der Waals surface area contributed by atoms with Gasteiger partial charge in [-0.25, -0.2) is 4.98 Å². The molecule has 0 saturated heterocycles. The maximum Gasteiger partial charge on any atom is 0.224 e. The van der Waals surface area contributed by atoms with Crippen molar-refractivity contribution < 1.29 is 9.53 Å². The molecule has 5 nitrogen and oxygen atoms in total. The van der Waals surface area contributed by atoms with E-state index in [9.17, 15) is 4.79 Å². The second-order valence-electron chi connectivity index (χ2n) is 7.70. The maximum atomic E-state index is 12.5. The number of nitrogens with one attached hydrogen (secondary N) is 1. The summed E-state index contributed by atoms with van der Waals surface area (Å²) in [6.45, 7) is 2.05. The smallest absolute Gasteiger partial charge is 0.224 e. The van der Waals surface area contributed by atoms with Crippen molar-refractivity contribution >= 4 is 17.2 Å². The third kappa shape index (κ3) is 3.88. The lowest BCUT2D eigenvalue weighted by Crippen LogP contribution is -2.13. The summed E-state index contributed by atoms with van der Waals surface area (Å²) in [6, 6.07) is 9.88. The topological polar surface area (TPSA) is 55.6 Å². The molecule has 1 fully saturated rings. The molecule has 1 N–H and O–H groups in total. The number of benzene rings is 1. The van der Waals surface area contributed by atoms with Crippen molar-refractivity contribution in [2.45, 2.75) is 45.4 Å². The molecule has 2 heterocycles. The molecular weight excluding hydrogens is 350 g/mol. The number of imidazole rings is 1. The zero-order chi connectivity index (χ0) is 19.5. The van der Waals surface area contributed by atoms with Gasteiger partial charge in [0.25, 0.3) is 0 Å². The van der Waals surface area contributed by atoms with E-state index in [0.29, 0.717) is 23.8 Å². The van der Waals surface area contributed by atoms with Crippen molar-refractivity contribution in [1.29, 1.82) is 0 Å². The van der Waals surface area contributed by atoms with Crippen LogP contribution >= 0.6 is 0 Å². The average molecular weight is 377 g/mol. The van der Waals surface area contributed by atoms with Crippen molar-refractivity contribution in [2.75, 3.05) is 12.4 Å². The molecule has 28 heavy (non-hydrogen) atoms. The average Bonchev–Trinajstić information content (AvgIpc) is 3.37. The summed E-state index contributed by atoms with van der Waals surface area (Å²) >= 11 is 0. The molecule has 1 saturated carbocycles. The van der Waals surface area contributed by atoms with Crippen LogP contribution < -0.4 is 10.1 Å². The third-order valence-electron chi connectivity index (χ3n) is 5.70. The SMILES string of the molecule is COc1ccc(-c2cn3cccc(C)c3n2)cc1NC(=O)CCC1CCCC1. The first-order valence-corrected chi connectivity index (χ1v) is 10.1. The summed E-state index contributed by atoms with van der Waals surface area (Å²) in [6.07, 6.45) is 10.7. The van der Waals surface area contributed by atoms with Gasteiger partial charge in [0.05, 0.1) is 18.5 Å². The van der Waals surface area contributed by atoms with Crippen LogP contribution in [0.25, 0.3) is 16.9 Å². The quantitative estimate of drug-likeness (QED) is 0.640. The van der Waals surface area contributed by atoms with Gasteiger partial charge in [0, 0.05) is 24.4 Å². The van der Waals surface area contributed by atoms with E-state index in [1.54, 1.807) is 7.11 Å². The van der Waals surface area contributed by atoms with Gasteiger partial charge >= 0.3 is 0 Å². The maximum absolute atomic E-state index is 12.5. The molecule has 0 unspecified atom stereocenters. The number of carbonyl (C=O) groups is 1. The highest BCUT2D eigenvalue weighted by molar-refractivity contribution is 5.93. The number of ether oxygens (including phenoxy) is 1. The van der Waals surface area contributed by atoms with Crippen molar-refractivity contribution in [3.63, 3.8) is 0 Å². The highest BCUT2D eigenvalue weighted by Gasteiger charge is 2.17. The number of amides is 1. The predicted molar refractivity (Wildman–Crippen MR) is 112 cm³/mol. The molecule has 0 aliphatic heterocycles. The standard InChI is InChI=1S/C23H27N3O2/c1-16-6-5-13-26-15-20(25-23(16)26)18-10-11-21(28-2)19(14-18)24-22(27)12-9-17-7-3-4-8-17/h5-6,10-11,13-15,17H,3-4,7-9,12H2,1-2H3,(H,24,27). The van der Waals surface area contributed by atoms with E-state index in [-0.39, 0.29) is 5.91 Å². The van der Waals surface area contributed by atoms with Gasteiger partial charge in [0.1, 0.15) is 11.4 Å². The molecule has 1 amide bonds. The molecule has 0 spiro atoms. The molecule has 1 aliphatic carbocycles. The van der Waals surface area contributed by atoms with Crippen LogP contribution in [0, 0.1) is 12.8 Å². The van der Waals surface area contributed by atoms with Crippen LogP contribution in [0.3, 0.4) is 0 Å². The Kier molecular flexibility index (Phi) is 5.33. The summed E-state index contributed by atoms with van der Waals surface area (Å²) in [5.74, 6) is 1.42. The van der Waals surface area contributed by atoms with Crippen LogP contribution in [0.4, 0.5) is 5.69 Å². The summed E-state index contributed by atoms with van der Waals surface area (Å²) in [4.78, 5) is 17.2. The molecule has 146 valence electrons. The number of rotatable bonds is 6. The second-order valence-corrected chi connectivity index (χ2v) is 7.70. The first kappa shape index (κ1) is 18.5. The number of nitrogens with zero attached hydrogens (tertiary/aromatic N) is 2. The summed E-state index contributed by atoms with van der Waals surface area (Å²) in [7, 11) is 1.62. The van der Waals surface area contributed by atoms with Gasteiger partial charge < -0.3 is 14.5 Å². The van der Waals surface area contributed by atoms with Gasteiger partial charge in [-0.3, -0.25) is 4.79 Å². The Bertz CT molecular complexity index is 987. The Morgan fingerprint density at radius 1 is 1.29 bits per heavy atom.